The number of benzene rings is 3. The van der Waals surface area contributed by atoms with Gasteiger partial charge in [0.05, 0.1) is 28.8 Å². The van der Waals surface area contributed by atoms with Crippen LogP contribution in [0.3, 0.4) is 0 Å². The molecule has 1 heterocycles. The van der Waals surface area contributed by atoms with Gasteiger partial charge in [0.1, 0.15) is 6.33 Å². The molecule has 0 saturated carbocycles. The smallest absolute Gasteiger partial charge is 0.100 e. The van der Waals surface area contributed by atoms with Gasteiger partial charge in [0.2, 0.25) is 0 Å². The molecule has 0 aliphatic rings. The first-order valence-corrected chi connectivity index (χ1v) is 8.90. The number of rotatable bonds is 3. The number of aromatic nitrogens is 2. The summed E-state index contributed by atoms with van der Waals surface area (Å²) in [6.07, 6.45) is 1.24. The molecule has 1 N–H and O–H groups in total. The van der Waals surface area contributed by atoms with E-state index in [4.69, 9.17) is 16.9 Å². The van der Waals surface area contributed by atoms with E-state index in [9.17, 15) is 5.11 Å². The predicted molar refractivity (Wildman–Crippen MR) is 107 cm³/mol. The molecule has 0 saturated heterocycles. The van der Waals surface area contributed by atoms with Crippen LogP contribution in [0.15, 0.2) is 67.0 Å². The van der Waals surface area contributed by atoms with Crippen molar-refractivity contribution < 1.29 is 5.11 Å². The summed E-state index contributed by atoms with van der Waals surface area (Å²) in [4.78, 5) is 4.47. The number of hydrogen-bond donors (Lipinski definition) is 1. The van der Waals surface area contributed by atoms with Crippen LogP contribution in [-0.4, -0.2) is 14.7 Å². The van der Waals surface area contributed by atoms with E-state index < -0.39 is 6.10 Å². The topological polar surface area (TPSA) is 61.8 Å². The third-order valence-electron chi connectivity index (χ3n) is 4.58. The Morgan fingerprint density at radius 1 is 1.11 bits per heavy atom. The lowest BCUT2D eigenvalue weighted by Gasteiger charge is -2.10. The Balaban J connectivity index is 1.82. The number of aliphatic hydroxyl groups is 1. The van der Waals surface area contributed by atoms with E-state index in [1.807, 2.05) is 47.0 Å². The van der Waals surface area contributed by atoms with Crippen molar-refractivity contribution in [1.82, 2.24) is 9.55 Å². The summed E-state index contributed by atoms with van der Waals surface area (Å²) in [6.45, 7) is 1.74. The monoisotopic (exact) mass is 373 g/mol. The lowest BCUT2D eigenvalue weighted by atomic mass is 10.0. The fourth-order valence-electron chi connectivity index (χ4n) is 3.13. The molecule has 27 heavy (non-hydrogen) atoms. The minimum atomic E-state index is -0.530. The molecule has 0 aliphatic heterocycles. The van der Waals surface area contributed by atoms with E-state index in [-0.39, 0.29) is 0 Å². The molecule has 0 radical (unpaired) electrons. The molecule has 0 bridgehead atoms. The van der Waals surface area contributed by atoms with Crippen molar-refractivity contribution in [3.63, 3.8) is 0 Å². The van der Waals surface area contributed by atoms with Crippen LogP contribution < -0.4 is 0 Å². The van der Waals surface area contributed by atoms with E-state index in [0.29, 0.717) is 10.6 Å². The second-order valence-electron chi connectivity index (χ2n) is 6.40. The summed E-state index contributed by atoms with van der Waals surface area (Å²) in [5.41, 5.74) is 5.87. The first kappa shape index (κ1) is 17.3. The fraction of sp³-hybridized carbons (Fsp3) is 0.0909. The summed E-state index contributed by atoms with van der Waals surface area (Å²) in [6, 6.07) is 21.1. The molecule has 4 rings (SSSR count). The third kappa shape index (κ3) is 3.19. The van der Waals surface area contributed by atoms with Gasteiger partial charge in [-0.25, -0.2) is 4.98 Å². The molecule has 5 heteroatoms. The third-order valence-corrected chi connectivity index (χ3v) is 4.91. The number of imidazole rings is 1. The van der Waals surface area contributed by atoms with Crippen LogP contribution >= 0.6 is 11.6 Å². The minimum absolute atomic E-state index is 0.530. The molecule has 0 aliphatic carbocycles. The highest BCUT2D eigenvalue weighted by atomic mass is 35.5. The van der Waals surface area contributed by atoms with Gasteiger partial charge in [-0.1, -0.05) is 29.8 Å². The first-order valence-electron chi connectivity index (χ1n) is 8.52. The van der Waals surface area contributed by atoms with Crippen molar-refractivity contribution in [2.45, 2.75) is 13.0 Å². The first-order chi connectivity index (χ1) is 13.1. The number of hydrogen-bond acceptors (Lipinski definition) is 3. The molecular weight excluding hydrogens is 358 g/mol. The normalized spacial score (nSPS) is 12.1. The summed E-state index contributed by atoms with van der Waals surface area (Å²) < 4.78 is 1.99. The van der Waals surface area contributed by atoms with Crippen molar-refractivity contribution in [1.29, 1.82) is 5.26 Å². The van der Waals surface area contributed by atoms with Crippen molar-refractivity contribution >= 4 is 22.6 Å². The van der Waals surface area contributed by atoms with Crippen molar-refractivity contribution in [2.24, 2.45) is 0 Å². The molecule has 0 fully saturated rings. The predicted octanol–water partition coefficient (Wildman–Crippen LogP) is 5.27. The Hall–Kier alpha value is -3.13. The zero-order valence-corrected chi connectivity index (χ0v) is 15.4. The average Bonchev–Trinajstić information content (AvgIpc) is 3.11. The lowest BCUT2D eigenvalue weighted by molar-refractivity contribution is 0.199. The molecule has 4 aromatic rings. The molecule has 0 spiro atoms. The highest BCUT2D eigenvalue weighted by Gasteiger charge is 2.10. The Morgan fingerprint density at radius 2 is 1.96 bits per heavy atom. The summed E-state index contributed by atoms with van der Waals surface area (Å²) >= 11 is 6.35. The Morgan fingerprint density at radius 3 is 2.74 bits per heavy atom. The van der Waals surface area contributed by atoms with E-state index in [0.717, 1.165) is 33.4 Å². The quantitative estimate of drug-likeness (QED) is 0.532. The second-order valence-corrected chi connectivity index (χ2v) is 6.80. The highest BCUT2D eigenvalue weighted by molar-refractivity contribution is 6.33. The standard InChI is InChI=1S/C22H16ClN3O/c1-14(27)16-6-8-22-21(11-16)25-13-26(22)18-4-2-3-17(10-18)19-9-15(12-24)5-7-20(19)23/h2-11,13-14,27H,1H3/t14-/m0/s1. The number of halogens is 1. The maximum Gasteiger partial charge on any atom is 0.100 e. The molecule has 4 nitrogen and oxygen atoms in total. The zero-order valence-electron chi connectivity index (χ0n) is 14.6. The number of aliphatic hydroxyl groups excluding tert-OH is 1. The van der Waals surface area contributed by atoms with Crippen LogP contribution in [0.5, 0.6) is 0 Å². The zero-order chi connectivity index (χ0) is 19.0. The molecule has 1 aromatic heterocycles. The van der Waals surface area contributed by atoms with Crippen LogP contribution in [0.1, 0.15) is 24.2 Å². The van der Waals surface area contributed by atoms with Crippen molar-refractivity contribution in [3.05, 3.63) is 83.1 Å². The second kappa shape index (κ2) is 6.88. The molecule has 1 atom stereocenters. The van der Waals surface area contributed by atoms with E-state index in [1.165, 1.54) is 0 Å². The summed E-state index contributed by atoms with van der Waals surface area (Å²) in [5.74, 6) is 0. The Kier molecular flexibility index (Phi) is 4.41. The van der Waals surface area contributed by atoms with Gasteiger partial charge in [0.25, 0.3) is 0 Å². The maximum absolute atomic E-state index is 9.77. The van der Waals surface area contributed by atoms with Gasteiger partial charge in [-0.15, -0.1) is 0 Å². The van der Waals surface area contributed by atoms with Gasteiger partial charge in [-0.3, -0.25) is 4.57 Å². The van der Waals surface area contributed by atoms with E-state index in [2.05, 4.69) is 11.1 Å². The summed E-state index contributed by atoms with van der Waals surface area (Å²) in [7, 11) is 0. The Bertz CT molecular complexity index is 1190. The van der Waals surface area contributed by atoms with Gasteiger partial charge in [-0.05, 0) is 60.5 Å². The van der Waals surface area contributed by atoms with Crippen LogP contribution in [0, 0.1) is 11.3 Å². The molecular formula is C22H16ClN3O. The van der Waals surface area contributed by atoms with Gasteiger partial charge in [0.15, 0.2) is 0 Å². The largest absolute Gasteiger partial charge is 0.389 e. The Labute approximate surface area is 161 Å². The number of fused-ring (bicyclic) bond motifs is 1. The van der Waals surface area contributed by atoms with Crippen LogP contribution in [0.4, 0.5) is 0 Å². The fourth-order valence-corrected chi connectivity index (χ4v) is 3.36. The molecule has 0 amide bonds. The van der Waals surface area contributed by atoms with Gasteiger partial charge < -0.3 is 5.11 Å². The number of nitrogens with zero attached hydrogens (tertiary/aromatic N) is 3. The van der Waals surface area contributed by atoms with Crippen LogP contribution in [0.25, 0.3) is 27.8 Å². The highest BCUT2D eigenvalue weighted by Crippen LogP contribution is 2.31. The molecule has 3 aromatic carbocycles. The van der Waals surface area contributed by atoms with Crippen molar-refractivity contribution in [2.75, 3.05) is 0 Å². The van der Waals surface area contributed by atoms with Gasteiger partial charge >= 0.3 is 0 Å². The summed E-state index contributed by atoms with van der Waals surface area (Å²) in [5, 5.41) is 19.5. The SMILES string of the molecule is C[C@H](O)c1ccc2c(c1)ncn2-c1cccc(-c2cc(C#N)ccc2Cl)c1. The van der Waals surface area contributed by atoms with E-state index >= 15 is 0 Å². The van der Waals surface area contributed by atoms with Gasteiger partial charge in [-0.2, -0.15) is 5.26 Å². The average molecular weight is 374 g/mol. The lowest BCUT2D eigenvalue weighted by Crippen LogP contribution is -1.94. The van der Waals surface area contributed by atoms with Crippen LogP contribution in [-0.2, 0) is 0 Å². The number of nitriles is 1. The minimum Gasteiger partial charge on any atom is -0.389 e. The van der Waals surface area contributed by atoms with Gasteiger partial charge in [0, 0.05) is 16.3 Å². The molecule has 0 unspecified atom stereocenters. The maximum atomic E-state index is 9.77. The van der Waals surface area contributed by atoms with Crippen molar-refractivity contribution in [3.8, 4) is 22.9 Å². The molecule has 132 valence electrons. The van der Waals surface area contributed by atoms with E-state index in [1.54, 1.807) is 31.5 Å². The van der Waals surface area contributed by atoms with Crippen LogP contribution in [0.2, 0.25) is 5.02 Å².